The van der Waals surface area contributed by atoms with Crippen molar-refractivity contribution in [2.75, 3.05) is 25.0 Å². The van der Waals surface area contributed by atoms with E-state index in [9.17, 15) is 4.79 Å². The van der Waals surface area contributed by atoms with Gasteiger partial charge in [0.2, 0.25) is 0 Å². The zero-order valence-electron chi connectivity index (χ0n) is 12.0. The molecule has 2 heterocycles. The standard InChI is InChI=1S/C15H23N3O2/c1-2-16-12-6-7-14(18-11-12)15(19)17-9-8-13-5-3-4-10-20-13/h6-7,11,13,16H,2-5,8-10H2,1H3,(H,17,19). The van der Waals surface area contributed by atoms with Gasteiger partial charge in [0.05, 0.1) is 18.0 Å². The van der Waals surface area contributed by atoms with Crippen molar-refractivity contribution in [1.82, 2.24) is 10.3 Å². The van der Waals surface area contributed by atoms with Crippen molar-refractivity contribution in [3.8, 4) is 0 Å². The second kappa shape index (κ2) is 7.85. The summed E-state index contributed by atoms with van der Waals surface area (Å²) in [4.78, 5) is 16.1. The number of hydrogen-bond acceptors (Lipinski definition) is 4. The van der Waals surface area contributed by atoms with Crippen LogP contribution in [0, 0.1) is 0 Å². The molecule has 0 aromatic carbocycles. The van der Waals surface area contributed by atoms with Crippen LogP contribution in [0.5, 0.6) is 0 Å². The van der Waals surface area contributed by atoms with Gasteiger partial charge < -0.3 is 15.4 Å². The Labute approximate surface area is 120 Å². The third kappa shape index (κ3) is 4.49. The molecule has 110 valence electrons. The smallest absolute Gasteiger partial charge is 0.269 e. The van der Waals surface area contributed by atoms with E-state index in [1.807, 2.05) is 13.0 Å². The van der Waals surface area contributed by atoms with Crippen molar-refractivity contribution in [2.24, 2.45) is 0 Å². The Morgan fingerprint density at radius 2 is 2.35 bits per heavy atom. The average molecular weight is 277 g/mol. The third-order valence-electron chi connectivity index (χ3n) is 3.40. The number of aromatic nitrogens is 1. The molecule has 2 N–H and O–H groups in total. The van der Waals surface area contributed by atoms with E-state index in [0.717, 1.165) is 38.1 Å². The number of pyridine rings is 1. The Kier molecular flexibility index (Phi) is 5.80. The van der Waals surface area contributed by atoms with Crippen LogP contribution in [-0.4, -0.2) is 36.7 Å². The minimum atomic E-state index is -0.121. The topological polar surface area (TPSA) is 63.2 Å². The highest BCUT2D eigenvalue weighted by Gasteiger charge is 2.14. The minimum absolute atomic E-state index is 0.121. The van der Waals surface area contributed by atoms with Crippen LogP contribution in [0.3, 0.4) is 0 Å². The fraction of sp³-hybridized carbons (Fsp3) is 0.600. The molecule has 0 bridgehead atoms. The van der Waals surface area contributed by atoms with Crippen LogP contribution in [0.4, 0.5) is 5.69 Å². The van der Waals surface area contributed by atoms with E-state index in [1.165, 1.54) is 6.42 Å². The summed E-state index contributed by atoms with van der Waals surface area (Å²) in [6, 6.07) is 3.61. The summed E-state index contributed by atoms with van der Waals surface area (Å²) >= 11 is 0. The lowest BCUT2D eigenvalue weighted by Gasteiger charge is -2.22. The van der Waals surface area contributed by atoms with Crippen molar-refractivity contribution in [2.45, 2.75) is 38.7 Å². The van der Waals surface area contributed by atoms with Gasteiger partial charge in [-0.05, 0) is 44.7 Å². The zero-order chi connectivity index (χ0) is 14.2. The molecule has 1 fully saturated rings. The number of ether oxygens (including phenoxy) is 1. The SMILES string of the molecule is CCNc1ccc(C(=O)NCCC2CCCCO2)nc1. The highest BCUT2D eigenvalue weighted by atomic mass is 16.5. The molecule has 5 nitrogen and oxygen atoms in total. The lowest BCUT2D eigenvalue weighted by molar-refractivity contribution is 0.0117. The molecular formula is C15H23N3O2. The Morgan fingerprint density at radius 3 is 3.00 bits per heavy atom. The molecule has 0 radical (unpaired) electrons. The van der Waals surface area contributed by atoms with Crippen LogP contribution in [0.2, 0.25) is 0 Å². The van der Waals surface area contributed by atoms with E-state index in [-0.39, 0.29) is 5.91 Å². The number of hydrogen-bond donors (Lipinski definition) is 2. The first-order chi connectivity index (χ1) is 9.79. The summed E-state index contributed by atoms with van der Waals surface area (Å²) in [5, 5.41) is 6.04. The van der Waals surface area contributed by atoms with Crippen LogP contribution in [-0.2, 0) is 4.74 Å². The van der Waals surface area contributed by atoms with Gasteiger partial charge in [-0.3, -0.25) is 4.79 Å². The van der Waals surface area contributed by atoms with E-state index in [2.05, 4.69) is 15.6 Å². The van der Waals surface area contributed by atoms with E-state index >= 15 is 0 Å². The van der Waals surface area contributed by atoms with Crippen molar-refractivity contribution in [3.63, 3.8) is 0 Å². The zero-order valence-corrected chi connectivity index (χ0v) is 12.0. The molecule has 0 spiro atoms. The van der Waals surface area contributed by atoms with E-state index in [4.69, 9.17) is 4.74 Å². The van der Waals surface area contributed by atoms with Gasteiger partial charge in [0.15, 0.2) is 0 Å². The van der Waals surface area contributed by atoms with Crippen molar-refractivity contribution < 1.29 is 9.53 Å². The molecule has 1 aromatic rings. The predicted molar refractivity (Wildman–Crippen MR) is 78.9 cm³/mol. The van der Waals surface area contributed by atoms with Gasteiger partial charge in [-0.2, -0.15) is 0 Å². The maximum atomic E-state index is 11.9. The molecule has 1 unspecified atom stereocenters. The average Bonchev–Trinajstić information content (AvgIpc) is 2.49. The molecule has 5 heteroatoms. The fourth-order valence-corrected chi connectivity index (χ4v) is 2.31. The monoisotopic (exact) mass is 277 g/mol. The second-order valence-corrected chi connectivity index (χ2v) is 5.00. The normalized spacial score (nSPS) is 18.6. The molecule has 1 aromatic heterocycles. The molecule has 0 aliphatic carbocycles. The molecule has 2 rings (SSSR count). The first-order valence-electron chi connectivity index (χ1n) is 7.39. The van der Waals surface area contributed by atoms with Crippen LogP contribution < -0.4 is 10.6 Å². The van der Waals surface area contributed by atoms with Gasteiger partial charge in [-0.25, -0.2) is 4.98 Å². The molecule has 1 aliphatic rings. The summed E-state index contributed by atoms with van der Waals surface area (Å²) in [6.07, 6.45) is 6.35. The van der Waals surface area contributed by atoms with E-state index in [0.29, 0.717) is 18.3 Å². The first-order valence-corrected chi connectivity index (χ1v) is 7.39. The summed E-state index contributed by atoms with van der Waals surface area (Å²) in [6.45, 7) is 4.36. The van der Waals surface area contributed by atoms with Crippen molar-refractivity contribution in [1.29, 1.82) is 0 Å². The predicted octanol–water partition coefficient (Wildman–Crippen LogP) is 2.20. The molecule has 0 saturated carbocycles. The molecule has 1 amide bonds. The Hall–Kier alpha value is -1.62. The third-order valence-corrected chi connectivity index (χ3v) is 3.40. The van der Waals surface area contributed by atoms with Gasteiger partial charge in [-0.15, -0.1) is 0 Å². The Morgan fingerprint density at radius 1 is 1.45 bits per heavy atom. The summed E-state index contributed by atoms with van der Waals surface area (Å²) < 4.78 is 5.63. The van der Waals surface area contributed by atoms with Gasteiger partial charge in [-0.1, -0.05) is 0 Å². The highest BCUT2D eigenvalue weighted by molar-refractivity contribution is 5.92. The van der Waals surface area contributed by atoms with Crippen LogP contribution in [0.25, 0.3) is 0 Å². The van der Waals surface area contributed by atoms with Gasteiger partial charge in [0, 0.05) is 19.7 Å². The number of carbonyl (C=O) groups is 1. The summed E-state index contributed by atoms with van der Waals surface area (Å²) in [5.41, 5.74) is 1.39. The second-order valence-electron chi connectivity index (χ2n) is 5.00. The van der Waals surface area contributed by atoms with Gasteiger partial charge in [0.25, 0.3) is 5.91 Å². The molecule has 20 heavy (non-hydrogen) atoms. The van der Waals surface area contributed by atoms with E-state index in [1.54, 1.807) is 12.3 Å². The molecule has 1 atom stereocenters. The maximum Gasteiger partial charge on any atom is 0.269 e. The Balaban J connectivity index is 1.73. The van der Waals surface area contributed by atoms with E-state index < -0.39 is 0 Å². The van der Waals surface area contributed by atoms with Crippen molar-refractivity contribution >= 4 is 11.6 Å². The number of nitrogens with zero attached hydrogens (tertiary/aromatic N) is 1. The largest absolute Gasteiger partial charge is 0.384 e. The highest BCUT2D eigenvalue weighted by Crippen LogP contribution is 2.14. The summed E-state index contributed by atoms with van der Waals surface area (Å²) in [7, 11) is 0. The quantitative estimate of drug-likeness (QED) is 0.836. The Bertz CT molecular complexity index is 414. The lowest BCUT2D eigenvalue weighted by atomic mass is 10.1. The van der Waals surface area contributed by atoms with Gasteiger partial charge >= 0.3 is 0 Å². The van der Waals surface area contributed by atoms with Gasteiger partial charge in [0.1, 0.15) is 5.69 Å². The number of amides is 1. The number of rotatable bonds is 6. The van der Waals surface area contributed by atoms with Crippen molar-refractivity contribution in [3.05, 3.63) is 24.0 Å². The number of nitrogens with one attached hydrogen (secondary N) is 2. The van der Waals surface area contributed by atoms with Crippen LogP contribution >= 0.6 is 0 Å². The lowest BCUT2D eigenvalue weighted by Crippen LogP contribution is -2.29. The number of carbonyl (C=O) groups excluding carboxylic acids is 1. The van der Waals surface area contributed by atoms with Crippen LogP contribution in [0.1, 0.15) is 43.1 Å². The fourth-order valence-electron chi connectivity index (χ4n) is 2.31. The molecular weight excluding hydrogens is 254 g/mol. The van der Waals surface area contributed by atoms with Crippen LogP contribution in [0.15, 0.2) is 18.3 Å². The molecule has 1 aliphatic heterocycles. The maximum absolute atomic E-state index is 11.9. The summed E-state index contributed by atoms with van der Waals surface area (Å²) in [5.74, 6) is -0.121. The molecule has 1 saturated heterocycles. The minimum Gasteiger partial charge on any atom is -0.384 e. The number of anilines is 1. The first kappa shape index (κ1) is 14.8.